The fraction of sp³-hybridized carbons (Fsp3) is 0.722. The summed E-state index contributed by atoms with van der Waals surface area (Å²) in [4.78, 5) is 25.8. The van der Waals surface area contributed by atoms with Crippen LogP contribution < -0.4 is 10.2 Å². The molecule has 2 atom stereocenters. The third-order valence-corrected chi connectivity index (χ3v) is 5.26. The zero-order valence-corrected chi connectivity index (χ0v) is 15.7. The average molecular weight is 347 g/mol. The van der Waals surface area contributed by atoms with Crippen LogP contribution in [0.2, 0.25) is 0 Å². The first kappa shape index (κ1) is 18.1. The number of hydrogen-bond donors (Lipinski definition) is 1. The van der Waals surface area contributed by atoms with Gasteiger partial charge in [0.2, 0.25) is 5.91 Å². The van der Waals surface area contributed by atoms with Gasteiger partial charge in [-0.05, 0) is 40.2 Å². The molecule has 25 heavy (non-hydrogen) atoms. The summed E-state index contributed by atoms with van der Waals surface area (Å²) in [5.41, 5.74) is 0.995. The van der Waals surface area contributed by atoms with Crippen molar-refractivity contribution in [2.75, 3.05) is 38.7 Å². The van der Waals surface area contributed by atoms with Gasteiger partial charge in [0.25, 0.3) is 0 Å². The van der Waals surface area contributed by atoms with Crippen LogP contribution >= 0.6 is 0 Å². The standard InChI is InChI=1S/C18H29N5O2/c1-12-9-17(20-13(2)19-12)23-7-5-14(6-8-23)21-18(24)16-10-15(25-4)11-22(16)3/h9,14-16H,5-8,10-11H2,1-4H3,(H,21,24)/t15-,16-/m0/s1. The Bertz CT molecular complexity index is 595. The van der Waals surface area contributed by atoms with E-state index in [1.54, 1.807) is 7.11 Å². The van der Waals surface area contributed by atoms with Crippen molar-refractivity contribution < 1.29 is 9.53 Å². The minimum absolute atomic E-state index is 0.0739. The van der Waals surface area contributed by atoms with Crippen LogP contribution in [0.1, 0.15) is 30.8 Å². The molecule has 2 aliphatic rings. The molecule has 1 amide bonds. The maximum absolute atomic E-state index is 12.6. The second-order valence-corrected chi connectivity index (χ2v) is 7.23. The van der Waals surface area contributed by atoms with Gasteiger partial charge < -0.3 is 15.0 Å². The summed E-state index contributed by atoms with van der Waals surface area (Å²) >= 11 is 0. The lowest BCUT2D eigenvalue weighted by atomic mass is 10.0. The SMILES string of the molecule is CO[C@H]1C[C@@H](C(=O)NC2CCN(c3cc(C)nc(C)n3)CC2)N(C)C1. The Balaban J connectivity index is 1.51. The minimum atomic E-state index is -0.0739. The van der Waals surface area contributed by atoms with Crippen molar-refractivity contribution in [3.63, 3.8) is 0 Å². The number of rotatable bonds is 4. The quantitative estimate of drug-likeness (QED) is 0.873. The zero-order chi connectivity index (χ0) is 18.0. The first-order chi connectivity index (χ1) is 12.0. The number of likely N-dealkylation sites (tertiary alicyclic amines) is 1. The number of likely N-dealkylation sites (N-methyl/N-ethyl adjacent to an activating group) is 1. The second-order valence-electron chi connectivity index (χ2n) is 7.23. The van der Waals surface area contributed by atoms with Gasteiger partial charge in [0.1, 0.15) is 11.6 Å². The van der Waals surface area contributed by atoms with Crippen molar-refractivity contribution in [2.24, 2.45) is 0 Å². The molecule has 7 heteroatoms. The third kappa shape index (κ3) is 4.27. The molecular formula is C18H29N5O2. The van der Waals surface area contributed by atoms with E-state index in [1.807, 2.05) is 27.0 Å². The Morgan fingerprint density at radius 2 is 2.00 bits per heavy atom. The number of piperidine rings is 1. The monoisotopic (exact) mass is 347 g/mol. The van der Waals surface area contributed by atoms with Crippen LogP contribution in [0.25, 0.3) is 0 Å². The van der Waals surface area contributed by atoms with E-state index in [0.717, 1.165) is 56.2 Å². The molecule has 3 rings (SSSR count). The molecule has 2 saturated heterocycles. The maximum Gasteiger partial charge on any atom is 0.237 e. The van der Waals surface area contributed by atoms with Crippen LogP contribution in [0.15, 0.2) is 6.07 Å². The van der Waals surface area contributed by atoms with Gasteiger partial charge >= 0.3 is 0 Å². The first-order valence-electron chi connectivity index (χ1n) is 9.07. The summed E-state index contributed by atoms with van der Waals surface area (Å²) in [5, 5.41) is 3.24. The summed E-state index contributed by atoms with van der Waals surface area (Å²) in [6.45, 7) is 6.55. The van der Waals surface area contributed by atoms with Gasteiger partial charge in [-0.1, -0.05) is 0 Å². The number of amides is 1. The average Bonchev–Trinajstić information content (AvgIpc) is 2.96. The van der Waals surface area contributed by atoms with Crippen LogP contribution in [0.5, 0.6) is 0 Å². The number of methoxy groups -OCH3 is 1. The normalized spacial score (nSPS) is 25.4. The minimum Gasteiger partial charge on any atom is -0.380 e. The molecule has 0 bridgehead atoms. The van der Waals surface area contributed by atoms with Crippen molar-refractivity contribution >= 4 is 11.7 Å². The van der Waals surface area contributed by atoms with Crippen molar-refractivity contribution in [3.05, 3.63) is 17.6 Å². The highest BCUT2D eigenvalue weighted by atomic mass is 16.5. The lowest BCUT2D eigenvalue weighted by Gasteiger charge is -2.34. The molecule has 1 aromatic heterocycles. The smallest absolute Gasteiger partial charge is 0.237 e. The van der Waals surface area contributed by atoms with E-state index in [1.165, 1.54) is 0 Å². The first-order valence-corrected chi connectivity index (χ1v) is 9.07. The topological polar surface area (TPSA) is 70.6 Å². The van der Waals surface area contributed by atoms with Crippen molar-refractivity contribution in [2.45, 2.75) is 51.3 Å². The zero-order valence-electron chi connectivity index (χ0n) is 15.7. The predicted molar refractivity (Wildman–Crippen MR) is 96.7 cm³/mol. The largest absolute Gasteiger partial charge is 0.380 e. The predicted octanol–water partition coefficient (Wildman–Crippen LogP) is 0.898. The number of ether oxygens (including phenoxy) is 1. The summed E-state index contributed by atoms with van der Waals surface area (Å²) in [5.74, 6) is 1.94. The van der Waals surface area contributed by atoms with E-state index in [4.69, 9.17) is 4.74 Å². The highest BCUT2D eigenvalue weighted by molar-refractivity contribution is 5.82. The number of carbonyl (C=O) groups is 1. The van der Waals surface area contributed by atoms with E-state index >= 15 is 0 Å². The summed E-state index contributed by atoms with van der Waals surface area (Å²) in [6, 6.07) is 2.20. The van der Waals surface area contributed by atoms with Crippen LogP contribution in [0.4, 0.5) is 5.82 Å². The van der Waals surface area contributed by atoms with Gasteiger partial charge in [-0.15, -0.1) is 0 Å². The Labute approximate surface area is 149 Å². The Hall–Kier alpha value is -1.73. The number of nitrogens with one attached hydrogen (secondary N) is 1. The van der Waals surface area contributed by atoms with Crippen molar-refractivity contribution in [1.29, 1.82) is 0 Å². The lowest BCUT2D eigenvalue weighted by molar-refractivity contribution is -0.126. The van der Waals surface area contributed by atoms with Crippen LogP contribution in [-0.4, -0.2) is 72.8 Å². The molecule has 3 heterocycles. The number of aryl methyl sites for hydroxylation is 2. The van der Waals surface area contributed by atoms with Gasteiger partial charge in [-0.25, -0.2) is 9.97 Å². The number of nitrogens with zero attached hydrogens (tertiary/aromatic N) is 4. The summed E-state index contributed by atoms with van der Waals surface area (Å²) in [6.07, 6.45) is 2.82. The van der Waals surface area contributed by atoms with Crippen LogP contribution in [0.3, 0.4) is 0 Å². The Kier molecular flexibility index (Phi) is 5.54. The number of hydrogen-bond acceptors (Lipinski definition) is 6. The molecule has 138 valence electrons. The highest BCUT2D eigenvalue weighted by Crippen LogP contribution is 2.21. The molecule has 0 aromatic carbocycles. The molecular weight excluding hydrogens is 318 g/mol. The molecule has 2 aliphatic heterocycles. The summed E-state index contributed by atoms with van der Waals surface area (Å²) < 4.78 is 5.39. The number of anilines is 1. The third-order valence-electron chi connectivity index (χ3n) is 5.26. The van der Waals surface area contributed by atoms with Gasteiger partial charge in [0.05, 0.1) is 12.1 Å². The molecule has 0 saturated carbocycles. The van der Waals surface area contributed by atoms with Gasteiger partial charge in [-0.2, -0.15) is 0 Å². The molecule has 0 radical (unpaired) electrons. The van der Waals surface area contributed by atoms with E-state index in [-0.39, 0.29) is 24.1 Å². The fourth-order valence-corrected chi connectivity index (χ4v) is 3.84. The van der Waals surface area contributed by atoms with E-state index in [2.05, 4.69) is 25.1 Å². The number of aromatic nitrogens is 2. The summed E-state index contributed by atoms with van der Waals surface area (Å²) in [7, 11) is 3.71. The molecule has 1 N–H and O–H groups in total. The molecule has 0 spiro atoms. The van der Waals surface area contributed by atoms with Crippen LogP contribution in [0, 0.1) is 13.8 Å². The van der Waals surface area contributed by atoms with E-state index < -0.39 is 0 Å². The molecule has 2 fully saturated rings. The van der Waals surface area contributed by atoms with Crippen molar-refractivity contribution in [1.82, 2.24) is 20.2 Å². The van der Waals surface area contributed by atoms with Gasteiger partial charge in [0.15, 0.2) is 0 Å². The molecule has 1 aromatic rings. The van der Waals surface area contributed by atoms with Gasteiger partial charge in [-0.3, -0.25) is 9.69 Å². The number of carbonyl (C=O) groups excluding carboxylic acids is 1. The molecule has 7 nitrogen and oxygen atoms in total. The molecule has 0 aliphatic carbocycles. The van der Waals surface area contributed by atoms with E-state index in [9.17, 15) is 4.79 Å². The highest BCUT2D eigenvalue weighted by Gasteiger charge is 2.35. The Morgan fingerprint density at radius 3 is 2.60 bits per heavy atom. The van der Waals surface area contributed by atoms with Crippen LogP contribution in [-0.2, 0) is 9.53 Å². The fourth-order valence-electron chi connectivity index (χ4n) is 3.84. The maximum atomic E-state index is 12.6. The van der Waals surface area contributed by atoms with E-state index in [0.29, 0.717) is 0 Å². The van der Waals surface area contributed by atoms with Gasteiger partial charge in [0, 0.05) is 44.5 Å². The lowest BCUT2D eigenvalue weighted by Crippen LogP contribution is -2.50. The Morgan fingerprint density at radius 1 is 1.28 bits per heavy atom. The molecule has 0 unspecified atom stereocenters. The van der Waals surface area contributed by atoms with Crippen molar-refractivity contribution in [3.8, 4) is 0 Å². The second kappa shape index (κ2) is 7.66.